The van der Waals surface area contributed by atoms with E-state index in [9.17, 15) is 19.1 Å². The number of carbonyl (C=O) groups excluding carboxylic acids is 1. The number of nitrogens with zero attached hydrogens (tertiary/aromatic N) is 5. The van der Waals surface area contributed by atoms with Crippen LogP contribution >= 0.6 is 0 Å². The van der Waals surface area contributed by atoms with Crippen LogP contribution < -0.4 is 11.3 Å². The van der Waals surface area contributed by atoms with Crippen LogP contribution in [0.25, 0.3) is 16.7 Å². The zero-order chi connectivity index (χ0) is 23.9. The molecule has 2 aromatic heterocycles. The number of hydrogen-bond acceptors (Lipinski definition) is 6. The van der Waals surface area contributed by atoms with Gasteiger partial charge in [-0.1, -0.05) is 0 Å². The minimum absolute atomic E-state index is 0.0258. The lowest BCUT2D eigenvalue weighted by molar-refractivity contribution is -0.141. The van der Waals surface area contributed by atoms with Crippen LogP contribution in [-0.4, -0.2) is 60.0 Å². The van der Waals surface area contributed by atoms with Gasteiger partial charge in [-0.05, 0) is 62.8 Å². The number of fused-ring (bicyclic) bond motifs is 1. The maximum absolute atomic E-state index is 13.2. The van der Waals surface area contributed by atoms with Gasteiger partial charge >= 0.3 is 0 Å². The summed E-state index contributed by atoms with van der Waals surface area (Å²) in [6, 6.07) is 5.96. The minimum Gasteiger partial charge on any atom is -0.388 e. The Morgan fingerprint density at radius 3 is 2.50 bits per heavy atom. The zero-order valence-electron chi connectivity index (χ0n) is 18.9. The molecule has 2 fully saturated rings. The van der Waals surface area contributed by atoms with Gasteiger partial charge < -0.3 is 15.7 Å². The van der Waals surface area contributed by atoms with Gasteiger partial charge in [0.25, 0.3) is 5.56 Å². The highest BCUT2D eigenvalue weighted by Gasteiger charge is 2.37. The molecule has 34 heavy (non-hydrogen) atoms. The van der Waals surface area contributed by atoms with E-state index in [1.807, 2.05) is 4.90 Å². The Labute approximate surface area is 196 Å². The summed E-state index contributed by atoms with van der Waals surface area (Å²) in [5, 5.41) is 15.7. The Morgan fingerprint density at radius 2 is 1.82 bits per heavy atom. The molecule has 9 nitrogen and oxygen atoms in total. The standard InChI is InChI=1S/C24H29FN6O3/c25-17-3-7-19(8-4-17)31-21-20(13-28-31)23(33)30(15-27-21)14-24(34)9-11-29(12-10-24)22(32)16-1-5-18(26)6-2-16/h3-4,7-8,13,15-16,18,34H,1-2,5-6,9-12,14,26H2. The van der Waals surface area contributed by atoms with Crippen LogP contribution in [0.15, 0.2) is 41.6 Å². The Hall–Kier alpha value is -3.11. The molecule has 2 aliphatic rings. The number of amides is 1. The molecule has 0 bridgehead atoms. The molecule has 0 radical (unpaired) electrons. The van der Waals surface area contributed by atoms with E-state index < -0.39 is 5.60 Å². The molecular weight excluding hydrogens is 439 g/mol. The summed E-state index contributed by atoms with van der Waals surface area (Å²) in [6.07, 6.45) is 7.04. The van der Waals surface area contributed by atoms with Crippen LogP contribution in [0, 0.1) is 11.7 Å². The van der Waals surface area contributed by atoms with Gasteiger partial charge in [0.2, 0.25) is 5.91 Å². The normalized spacial score (nSPS) is 22.7. The lowest BCUT2D eigenvalue weighted by Crippen LogP contribution is -2.51. The number of aromatic nitrogens is 4. The van der Waals surface area contributed by atoms with Crippen molar-refractivity contribution >= 4 is 16.9 Å². The second kappa shape index (κ2) is 8.92. The monoisotopic (exact) mass is 468 g/mol. The van der Waals surface area contributed by atoms with Crippen LogP contribution in [0.3, 0.4) is 0 Å². The highest BCUT2D eigenvalue weighted by atomic mass is 19.1. The van der Waals surface area contributed by atoms with Crippen molar-refractivity contribution in [2.24, 2.45) is 11.7 Å². The fourth-order valence-corrected chi connectivity index (χ4v) is 5.08. The molecule has 1 saturated heterocycles. The van der Waals surface area contributed by atoms with E-state index in [2.05, 4.69) is 10.1 Å². The van der Waals surface area contributed by atoms with Crippen LogP contribution in [0.1, 0.15) is 38.5 Å². The summed E-state index contributed by atoms with van der Waals surface area (Å²) in [7, 11) is 0. The first-order valence-electron chi connectivity index (χ1n) is 11.8. The molecule has 3 N–H and O–H groups in total. The average Bonchev–Trinajstić information content (AvgIpc) is 3.27. The molecule has 1 aliphatic heterocycles. The maximum atomic E-state index is 13.2. The lowest BCUT2D eigenvalue weighted by atomic mass is 9.84. The van der Waals surface area contributed by atoms with Gasteiger partial charge in [-0.15, -0.1) is 0 Å². The number of hydrogen-bond donors (Lipinski definition) is 2. The van der Waals surface area contributed by atoms with Crippen molar-refractivity contribution in [3.8, 4) is 5.69 Å². The van der Waals surface area contributed by atoms with Gasteiger partial charge in [-0.2, -0.15) is 5.10 Å². The second-order valence-corrected chi connectivity index (χ2v) is 9.61. The molecule has 1 saturated carbocycles. The smallest absolute Gasteiger partial charge is 0.264 e. The molecule has 3 heterocycles. The van der Waals surface area contributed by atoms with Gasteiger partial charge in [0.05, 0.1) is 24.0 Å². The summed E-state index contributed by atoms with van der Waals surface area (Å²) in [4.78, 5) is 32.2. The quantitative estimate of drug-likeness (QED) is 0.600. The molecular formula is C24H29FN6O3. The largest absolute Gasteiger partial charge is 0.388 e. The minimum atomic E-state index is -1.10. The summed E-state index contributed by atoms with van der Waals surface area (Å²) >= 11 is 0. The van der Waals surface area contributed by atoms with E-state index in [0.717, 1.165) is 25.7 Å². The van der Waals surface area contributed by atoms with Crippen molar-refractivity contribution in [2.75, 3.05) is 13.1 Å². The highest BCUT2D eigenvalue weighted by molar-refractivity contribution is 5.79. The molecule has 1 aliphatic carbocycles. The van der Waals surface area contributed by atoms with Gasteiger partial charge in [0.15, 0.2) is 5.65 Å². The third kappa shape index (κ3) is 4.35. The fourth-order valence-electron chi connectivity index (χ4n) is 5.08. The molecule has 1 amide bonds. The van der Waals surface area contributed by atoms with Crippen LogP contribution in [0.4, 0.5) is 4.39 Å². The summed E-state index contributed by atoms with van der Waals surface area (Å²) in [5.74, 6) is -0.181. The van der Waals surface area contributed by atoms with Gasteiger partial charge in [-0.25, -0.2) is 14.1 Å². The molecule has 0 spiro atoms. The van der Waals surface area contributed by atoms with Crippen molar-refractivity contribution in [3.05, 3.63) is 53.0 Å². The van der Waals surface area contributed by atoms with Crippen LogP contribution in [-0.2, 0) is 11.3 Å². The Kier molecular flexibility index (Phi) is 5.95. The number of rotatable bonds is 4. The first-order chi connectivity index (χ1) is 16.3. The number of halogens is 1. The van der Waals surface area contributed by atoms with Gasteiger partial charge in [0.1, 0.15) is 17.5 Å². The Bertz CT molecular complexity index is 1240. The van der Waals surface area contributed by atoms with Crippen LogP contribution in [0.2, 0.25) is 0 Å². The number of benzene rings is 1. The zero-order valence-corrected chi connectivity index (χ0v) is 18.9. The van der Waals surface area contributed by atoms with Crippen molar-refractivity contribution < 1.29 is 14.3 Å². The highest BCUT2D eigenvalue weighted by Crippen LogP contribution is 2.29. The Balaban J connectivity index is 1.28. The van der Waals surface area contributed by atoms with Crippen LogP contribution in [0.5, 0.6) is 0 Å². The summed E-state index contributed by atoms with van der Waals surface area (Å²) in [6.45, 7) is 1.02. The number of aliphatic hydroxyl groups is 1. The molecule has 3 aromatic rings. The summed E-state index contributed by atoms with van der Waals surface area (Å²) in [5.41, 5.74) is 5.52. The topological polar surface area (TPSA) is 119 Å². The van der Waals surface area contributed by atoms with Crippen molar-refractivity contribution in [2.45, 2.75) is 56.7 Å². The molecule has 5 rings (SSSR count). The fraction of sp³-hybridized carbons (Fsp3) is 0.500. The van der Waals surface area contributed by atoms with Crippen molar-refractivity contribution in [1.82, 2.24) is 24.2 Å². The van der Waals surface area contributed by atoms with Gasteiger partial charge in [-0.3, -0.25) is 14.2 Å². The molecule has 0 unspecified atom stereocenters. The van der Waals surface area contributed by atoms with Crippen molar-refractivity contribution in [1.29, 1.82) is 0 Å². The second-order valence-electron chi connectivity index (χ2n) is 9.61. The van der Waals surface area contributed by atoms with Crippen molar-refractivity contribution in [3.63, 3.8) is 0 Å². The van der Waals surface area contributed by atoms with Gasteiger partial charge in [0, 0.05) is 25.0 Å². The molecule has 1 aromatic carbocycles. The Morgan fingerprint density at radius 1 is 1.15 bits per heavy atom. The van der Waals surface area contributed by atoms with E-state index in [1.165, 1.54) is 33.9 Å². The maximum Gasteiger partial charge on any atom is 0.264 e. The SMILES string of the molecule is NC1CCC(C(=O)N2CCC(O)(Cn3cnc4c(cnn4-c4ccc(F)cc4)c3=O)CC2)CC1. The molecule has 180 valence electrons. The van der Waals surface area contributed by atoms with E-state index in [0.29, 0.717) is 42.7 Å². The molecule has 10 heteroatoms. The summed E-state index contributed by atoms with van der Waals surface area (Å²) < 4.78 is 16.1. The third-order valence-corrected chi connectivity index (χ3v) is 7.22. The number of likely N-dealkylation sites (tertiary alicyclic amines) is 1. The first-order valence-corrected chi connectivity index (χ1v) is 11.8. The van der Waals surface area contributed by atoms with E-state index >= 15 is 0 Å². The van der Waals surface area contributed by atoms with E-state index in [1.54, 1.807) is 12.1 Å². The number of carbonyl (C=O) groups is 1. The van der Waals surface area contributed by atoms with E-state index in [4.69, 9.17) is 5.73 Å². The third-order valence-electron chi connectivity index (χ3n) is 7.22. The number of piperidine rings is 1. The average molecular weight is 469 g/mol. The molecule has 0 atom stereocenters. The van der Waals surface area contributed by atoms with E-state index in [-0.39, 0.29) is 35.8 Å². The first kappa shape index (κ1) is 22.7. The number of nitrogens with two attached hydrogens (primary N) is 1. The predicted molar refractivity (Wildman–Crippen MR) is 124 cm³/mol. The lowest BCUT2D eigenvalue weighted by Gasteiger charge is -2.40. The predicted octanol–water partition coefficient (Wildman–Crippen LogP) is 1.59.